The Bertz CT molecular complexity index is 915. The minimum absolute atomic E-state index is 0.231. The van der Waals surface area contributed by atoms with Gasteiger partial charge in [-0.3, -0.25) is 9.59 Å². The molecule has 0 N–H and O–H groups in total. The zero-order valence-electron chi connectivity index (χ0n) is 12.8. The molecule has 0 aliphatic carbocycles. The van der Waals surface area contributed by atoms with Gasteiger partial charge in [-0.1, -0.05) is 35.5 Å². The van der Waals surface area contributed by atoms with Gasteiger partial charge < -0.3 is 4.74 Å². The summed E-state index contributed by atoms with van der Waals surface area (Å²) in [5.41, 5.74) is 1.25. The van der Waals surface area contributed by atoms with Crippen LogP contribution in [0.4, 0.5) is 0 Å². The number of aryl methyl sites for hydroxylation is 1. The Balaban J connectivity index is 2.11. The first-order valence-electron chi connectivity index (χ1n) is 7.19. The lowest BCUT2D eigenvalue weighted by atomic mass is 10.1. The number of esters is 1. The van der Waals surface area contributed by atoms with E-state index >= 15 is 0 Å². The van der Waals surface area contributed by atoms with E-state index in [0.29, 0.717) is 10.9 Å². The van der Waals surface area contributed by atoms with Crippen molar-refractivity contribution in [3.8, 4) is 10.4 Å². The smallest absolute Gasteiger partial charge is 0.327 e. The zero-order chi connectivity index (χ0) is 16.4. The van der Waals surface area contributed by atoms with Crippen molar-refractivity contribution in [2.75, 3.05) is 6.61 Å². The molecule has 2 heterocycles. The average Bonchev–Trinajstić information content (AvgIpc) is 2.89. The van der Waals surface area contributed by atoms with Crippen LogP contribution in [0.3, 0.4) is 0 Å². The Morgan fingerprint density at radius 1 is 1.30 bits per heavy atom. The summed E-state index contributed by atoms with van der Waals surface area (Å²) in [4.78, 5) is 25.9. The molecule has 0 aliphatic rings. The van der Waals surface area contributed by atoms with E-state index < -0.39 is 5.97 Å². The molecule has 7 heteroatoms. The summed E-state index contributed by atoms with van der Waals surface area (Å²) in [5, 5.41) is 8.56. The van der Waals surface area contributed by atoms with Crippen molar-refractivity contribution < 1.29 is 9.53 Å². The van der Waals surface area contributed by atoms with E-state index in [1.165, 1.54) is 11.3 Å². The Labute approximate surface area is 136 Å². The molecule has 0 saturated carbocycles. The lowest BCUT2D eigenvalue weighted by Crippen LogP contribution is -2.28. The predicted octanol–water partition coefficient (Wildman–Crippen LogP) is 2.39. The highest BCUT2D eigenvalue weighted by Crippen LogP contribution is 2.35. The highest BCUT2D eigenvalue weighted by molar-refractivity contribution is 7.17. The number of benzene rings is 1. The summed E-state index contributed by atoms with van der Waals surface area (Å²) in [7, 11) is 0. The molecule has 0 fully saturated rings. The molecule has 0 spiro atoms. The first-order chi connectivity index (χ1) is 11.1. The van der Waals surface area contributed by atoms with Gasteiger partial charge in [0.1, 0.15) is 12.1 Å². The Morgan fingerprint density at radius 3 is 2.74 bits per heavy atom. The molecule has 6 nitrogen and oxygen atoms in total. The van der Waals surface area contributed by atoms with Gasteiger partial charge in [0.05, 0.1) is 16.9 Å². The van der Waals surface area contributed by atoms with Crippen LogP contribution < -0.4 is 5.56 Å². The van der Waals surface area contributed by atoms with Gasteiger partial charge in [-0.2, -0.15) is 4.68 Å². The molecule has 0 unspecified atom stereocenters. The molecule has 23 heavy (non-hydrogen) atoms. The zero-order valence-corrected chi connectivity index (χ0v) is 13.6. The molecular formula is C16H15N3O3S. The molecule has 0 aliphatic heterocycles. The quantitative estimate of drug-likeness (QED) is 0.687. The summed E-state index contributed by atoms with van der Waals surface area (Å²) < 4.78 is 5.90. The maximum atomic E-state index is 12.6. The van der Waals surface area contributed by atoms with Crippen LogP contribution in [0, 0.1) is 6.92 Å². The van der Waals surface area contributed by atoms with Crippen molar-refractivity contribution in [3.05, 3.63) is 45.6 Å². The van der Waals surface area contributed by atoms with Gasteiger partial charge in [0, 0.05) is 4.88 Å². The number of hydrogen-bond donors (Lipinski definition) is 0. The fraction of sp³-hybridized carbons (Fsp3) is 0.250. The molecule has 118 valence electrons. The molecule has 0 bridgehead atoms. The fourth-order valence-corrected chi connectivity index (χ4v) is 3.45. The van der Waals surface area contributed by atoms with Crippen LogP contribution in [0.2, 0.25) is 0 Å². The number of aromatic nitrogens is 3. The highest BCUT2D eigenvalue weighted by atomic mass is 32.1. The normalized spacial score (nSPS) is 10.9. The lowest BCUT2D eigenvalue weighted by Gasteiger charge is -2.04. The van der Waals surface area contributed by atoms with E-state index in [9.17, 15) is 9.59 Å². The monoisotopic (exact) mass is 329 g/mol. The van der Waals surface area contributed by atoms with E-state index in [4.69, 9.17) is 4.74 Å². The molecule has 0 amide bonds. The second-order valence-corrected chi connectivity index (χ2v) is 6.16. The molecular weight excluding hydrogens is 314 g/mol. The first-order valence-corrected chi connectivity index (χ1v) is 8.01. The minimum atomic E-state index is -0.501. The van der Waals surface area contributed by atoms with Gasteiger partial charge in [0.15, 0.2) is 0 Å². The molecule has 3 rings (SSSR count). The van der Waals surface area contributed by atoms with Crippen molar-refractivity contribution in [2.45, 2.75) is 20.4 Å². The van der Waals surface area contributed by atoms with Crippen LogP contribution in [0.25, 0.3) is 21.3 Å². The third-order valence-electron chi connectivity index (χ3n) is 3.38. The summed E-state index contributed by atoms with van der Waals surface area (Å²) in [5.74, 6) is -0.501. The third-order valence-corrected chi connectivity index (χ3v) is 4.52. The van der Waals surface area contributed by atoms with Gasteiger partial charge in [-0.15, -0.1) is 16.4 Å². The maximum absolute atomic E-state index is 12.6. The number of ether oxygens (including phenoxy) is 1. The van der Waals surface area contributed by atoms with Crippen molar-refractivity contribution in [2.24, 2.45) is 0 Å². The van der Waals surface area contributed by atoms with Crippen LogP contribution in [-0.2, 0) is 16.1 Å². The molecule has 1 aromatic carbocycles. The second-order valence-electron chi connectivity index (χ2n) is 4.93. The highest BCUT2D eigenvalue weighted by Gasteiger charge is 2.18. The Hall–Kier alpha value is -2.54. The van der Waals surface area contributed by atoms with Crippen LogP contribution in [-0.4, -0.2) is 27.6 Å². The SMILES string of the molecule is CCOC(=O)Cn1nnc2c(-c3ccccc3)sc(C)c2c1=O. The van der Waals surface area contributed by atoms with Crippen LogP contribution in [0.5, 0.6) is 0 Å². The lowest BCUT2D eigenvalue weighted by molar-refractivity contribution is -0.144. The number of thiophene rings is 1. The number of rotatable bonds is 4. The standard InChI is InChI=1S/C16H15N3O3S/c1-3-22-12(20)9-19-16(21)13-10(2)23-15(14(13)17-18-19)11-7-5-4-6-8-11/h4-8H,3,9H2,1-2H3. The fourth-order valence-electron chi connectivity index (χ4n) is 2.37. The van der Waals surface area contributed by atoms with Crippen molar-refractivity contribution >= 4 is 28.2 Å². The first kappa shape index (κ1) is 15.4. The summed E-state index contributed by atoms with van der Waals surface area (Å²) in [6.07, 6.45) is 0. The minimum Gasteiger partial charge on any atom is -0.465 e. The predicted molar refractivity (Wildman–Crippen MR) is 88.5 cm³/mol. The van der Waals surface area contributed by atoms with Gasteiger partial charge in [-0.05, 0) is 19.4 Å². The van der Waals surface area contributed by atoms with Crippen LogP contribution in [0.1, 0.15) is 11.8 Å². The number of carbonyl (C=O) groups is 1. The van der Waals surface area contributed by atoms with Gasteiger partial charge >= 0.3 is 5.97 Å². The van der Waals surface area contributed by atoms with Gasteiger partial charge in [-0.25, -0.2) is 0 Å². The Kier molecular flexibility index (Phi) is 4.20. The van der Waals surface area contributed by atoms with Crippen LogP contribution in [0.15, 0.2) is 35.1 Å². The average molecular weight is 329 g/mol. The number of hydrogen-bond acceptors (Lipinski definition) is 6. The van der Waals surface area contributed by atoms with E-state index in [0.717, 1.165) is 20.0 Å². The van der Waals surface area contributed by atoms with E-state index in [1.54, 1.807) is 6.92 Å². The topological polar surface area (TPSA) is 74.1 Å². The van der Waals surface area contributed by atoms with E-state index in [1.807, 2.05) is 37.3 Å². The van der Waals surface area contributed by atoms with Crippen molar-refractivity contribution in [1.29, 1.82) is 0 Å². The third kappa shape index (κ3) is 2.87. The largest absolute Gasteiger partial charge is 0.465 e. The van der Waals surface area contributed by atoms with Gasteiger partial charge in [0.25, 0.3) is 5.56 Å². The molecule has 0 atom stereocenters. The van der Waals surface area contributed by atoms with Crippen LogP contribution >= 0.6 is 11.3 Å². The Morgan fingerprint density at radius 2 is 2.04 bits per heavy atom. The number of fused-ring (bicyclic) bond motifs is 1. The second kappa shape index (κ2) is 6.29. The summed E-state index contributed by atoms with van der Waals surface area (Å²) in [6.45, 7) is 3.62. The summed E-state index contributed by atoms with van der Waals surface area (Å²) in [6, 6.07) is 9.74. The molecule has 0 radical (unpaired) electrons. The van der Waals surface area contributed by atoms with E-state index in [-0.39, 0.29) is 18.7 Å². The molecule has 3 aromatic rings. The number of nitrogens with zero attached hydrogens (tertiary/aromatic N) is 3. The van der Waals surface area contributed by atoms with Crippen molar-refractivity contribution in [1.82, 2.24) is 15.0 Å². The van der Waals surface area contributed by atoms with Gasteiger partial charge in [0.2, 0.25) is 0 Å². The maximum Gasteiger partial charge on any atom is 0.327 e. The van der Waals surface area contributed by atoms with Crippen molar-refractivity contribution in [3.63, 3.8) is 0 Å². The number of carbonyl (C=O) groups excluding carboxylic acids is 1. The molecule has 2 aromatic heterocycles. The summed E-state index contributed by atoms with van der Waals surface area (Å²) >= 11 is 1.50. The molecule has 0 saturated heterocycles. The van der Waals surface area contributed by atoms with E-state index in [2.05, 4.69) is 10.3 Å².